The zero-order chi connectivity index (χ0) is 14.0. The predicted octanol–water partition coefficient (Wildman–Crippen LogP) is 1.65. The predicted molar refractivity (Wildman–Crippen MR) is 76.9 cm³/mol. The van der Waals surface area contributed by atoms with Gasteiger partial charge in [0.05, 0.1) is 15.5 Å². The Kier molecular flexibility index (Phi) is 6.26. The van der Waals surface area contributed by atoms with Crippen molar-refractivity contribution >= 4 is 34.0 Å². The molecule has 0 bridgehead atoms. The highest BCUT2D eigenvalue weighted by atomic mass is 35.5. The molecule has 0 atom stereocenters. The summed E-state index contributed by atoms with van der Waals surface area (Å²) in [5.41, 5.74) is 4.95. The largest absolute Gasteiger partial charge is 0.329 e. The van der Waals surface area contributed by atoms with Crippen LogP contribution < -0.4 is 10.5 Å². The Morgan fingerprint density at radius 2 is 2.05 bits per heavy atom. The van der Waals surface area contributed by atoms with Gasteiger partial charge in [0.25, 0.3) is 0 Å². The van der Waals surface area contributed by atoms with Crippen LogP contribution in [0.25, 0.3) is 0 Å². The molecule has 3 N–H and O–H groups in total. The van der Waals surface area contributed by atoms with Crippen LogP contribution in [0.15, 0.2) is 23.1 Å². The zero-order valence-electron chi connectivity index (χ0n) is 10.5. The maximum absolute atomic E-state index is 12.1. The molecule has 0 aliphatic rings. The summed E-state index contributed by atoms with van der Waals surface area (Å²) in [6.07, 6.45) is 0. The highest BCUT2D eigenvalue weighted by Gasteiger charge is 2.25. The lowest BCUT2D eigenvalue weighted by atomic mass is 10.1. The molecule has 0 amide bonds. The minimum atomic E-state index is -3.70. The lowest BCUT2D eigenvalue weighted by Crippen LogP contribution is -2.48. The lowest BCUT2D eigenvalue weighted by Gasteiger charge is -2.23. The van der Waals surface area contributed by atoms with Gasteiger partial charge in [0, 0.05) is 12.1 Å². The number of rotatable bonds is 4. The molecule has 8 heteroatoms. The lowest BCUT2D eigenvalue weighted by molar-refractivity contribution is 0.462. The molecule has 0 aromatic heterocycles. The molecule has 19 heavy (non-hydrogen) atoms. The number of benzene rings is 1. The van der Waals surface area contributed by atoms with Crippen LogP contribution in [0.1, 0.15) is 19.4 Å². The number of hydrogen-bond acceptors (Lipinski definition) is 4. The Balaban J connectivity index is 0.00000324. The van der Waals surface area contributed by atoms with Gasteiger partial charge in [-0.05, 0) is 32.0 Å². The van der Waals surface area contributed by atoms with E-state index < -0.39 is 15.6 Å². The fourth-order valence-electron chi connectivity index (χ4n) is 1.22. The van der Waals surface area contributed by atoms with Crippen LogP contribution in [0.2, 0.25) is 5.02 Å². The van der Waals surface area contributed by atoms with E-state index in [9.17, 15) is 8.42 Å². The van der Waals surface area contributed by atoms with Gasteiger partial charge in [0.15, 0.2) is 0 Å². The van der Waals surface area contributed by atoms with Gasteiger partial charge >= 0.3 is 0 Å². The van der Waals surface area contributed by atoms with Crippen molar-refractivity contribution in [3.8, 4) is 6.07 Å². The summed E-state index contributed by atoms with van der Waals surface area (Å²) in [5.74, 6) is 0. The summed E-state index contributed by atoms with van der Waals surface area (Å²) in [4.78, 5) is 0.00743. The first-order valence-electron chi connectivity index (χ1n) is 5.15. The number of nitrogens with zero attached hydrogens (tertiary/aromatic N) is 1. The van der Waals surface area contributed by atoms with Gasteiger partial charge in [0.2, 0.25) is 10.0 Å². The smallest absolute Gasteiger partial charge is 0.241 e. The van der Waals surface area contributed by atoms with E-state index in [1.54, 1.807) is 13.8 Å². The molecule has 0 spiro atoms. The Labute approximate surface area is 124 Å². The van der Waals surface area contributed by atoms with Gasteiger partial charge in [-0.2, -0.15) is 5.26 Å². The number of nitriles is 1. The van der Waals surface area contributed by atoms with Crippen LogP contribution >= 0.6 is 24.0 Å². The number of sulfonamides is 1. The minimum absolute atomic E-state index is 0. The van der Waals surface area contributed by atoms with Crippen LogP contribution in [-0.2, 0) is 10.0 Å². The second-order valence-electron chi connectivity index (χ2n) is 4.45. The van der Waals surface area contributed by atoms with Crippen molar-refractivity contribution in [3.05, 3.63) is 28.8 Å². The summed E-state index contributed by atoms with van der Waals surface area (Å²) in [7, 11) is -3.70. The number of hydrogen-bond donors (Lipinski definition) is 2. The van der Waals surface area contributed by atoms with E-state index >= 15 is 0 Å². The first-order chi connectivity index (χ1) is 8.22. The Morgan fingerprint density at radius 3 is 2.47 bits per heavy atom. The molecule has 5 nitrogen and oxygen atoms in total. The molecule has 1 aromatic carbocycles. The standard InChI is InChI=1S/C11H14ClN3O2S.ClH/c1-11(2,7-14)15-18(16,17)9-4-3-8(6-13)10(12)5-9;/h3-5,15H,7,14H2,1-2H3;1H. The highest BCUT2D eigenvalue weighted by Crippen LogP contribution is 2.21. The van der Waals surface area contributed by atoms with Crippen molar-refractivity contribution in [2.45, 2.75) is 24.3 Å². The molecule has 0 aliphatic heterocycles. The SMILES string of the molecule is CC(C)(CN)NS(=O)(=O)c1ccc(C#N)c(Cl)c1.Cl. The zero-order valence-corrected chi connectivity index (χ0v) is 12.9. The molecule has 0 fully saturated rings. The summed E-state index contributed by atoms with van der Waals surface area (Å²) in [6.45, 7) is 3.52. The molecule has 106 valence electrons. The molecule has 0 saturated heterocycles. The average molecular weight is 324 g/mol. The third-order valence-electron chi connectivity index (χ3n) is 2.29. The summed E-state index contributed by atoms with van der Waals surface area (Å²) in [6, 6.07) is 5.81. The second-order valence-corrected chi connectivity index (χ2v) is 6.54. The van der Waals surface area contributed by atoms with E-state index in [1.807, 2.05) is 6.07 Å². The van der Waals surface area contributed by atoms with Gasteiger partial charge in [-0.3, -0.25) is 0 Å². The Morgan fingerprint density at radius 1 is 1.47 bits per heavy atom. The van der Waals surface area contributed by atoms with Gasteiger partial charge < -0.3 is 5.73 Å². The van der Waals surface area contributed by atoms with Gasteiger partial charge in [-0.1, -0.05) is 11.6 Å². The summed E-state index contributed by atoms with van der Waals surface area (Å²) >= 11 is 5.80. The molecule has 0 aliphatic carbocycles. The van der Waals surface area contributed by atoms with Crippen molar-refractivity contribution < 1.29 is 8.42 Å². The second kappa shape index (κ2) is 6.55. The van der Waals surface area contributed by atoms with Crippen LogP contribution in [0, 0.1) is 11.3 Å². The number of halogens is 2. The van der Waals surface area contributed by atoms with Crippen molar-refractivity contribution in [3.63, 3.8) is 0 Å². The highest BCUT2D eigenvalue weighted by molar-refractivity contribution is 7.89. The van der Waals surface area contributed by atoms with Crippen LogP contribution in [0.3, 0.4) is 0 Å². The monoisotopic (exact) mass is 323 g/mol. The van der Waals surface area contributed by atoms with E-state index in [0.29, 0.717) is 0 Å². The summed E-state index contributed by atoms with van der Waals surface area (Å²) in [5, 5.41) is 8.82. The number of nitrogens with two attached hydrogens (primary N) is 1. The summed E-state index contributed by atoms with van der Waals surface area (Å²) < 4.78 is 26.6. The first-order valence-corrected chi connectivity index (χ1v) is 7.02. The van der Waals surface area contributed by atoms with Crippen LogP contribution in [-0.4, -0.2) is 20.5 Å². The minimum Gasteiger partial charge on any atom is -0.329 e. The van der Waals surface area contributed by atoms with E-state index in [1.165, 1.54) is 18.2 Å². The van der Waals surface area contributed by atoms with Crippen molar-refractivity contribution in [1.29, 1.82) is 5.26 Å². The van der Waals surface area contributed by atoms with Crippen molar-refractivity contribution in [2.24, 2.45) is 5.73 Å². The fourth-order valence-corrected chi connectivity index (χ4v) is 2.95. The fraction of sp³-hybridized carbons (Fsp3) is 0.364. The Bertz CT molecular complexity index is 594. The number of nitrogens with one attached hydrogen (secondary N) is 1. The quantitative estimate of drug-likeness (QED) is 0.880. The topological polar surface area (TPSA) is 96.0 Å². The molecule has 1 aromatic rings. The van der Waals surface area contributed by atoms with E-state index in [0.717, 1.165) is 0 Å². The molecule has 0 unspecified atom stereocenters. The Hall–Kier alpha value is -0.840. The van der Waals surface area contributed by atoms with Crippen molar-refractivity contribution in [1.82, 2.24) is 4.72 Å². The molecule has 0 radical (unpaired) electrons. The maximum Gasteiger partial charge on any atom is 0.241 e. The third kappa shape index (κ3) is 4.64. The van der Waals surface area contributed by atoms with Crippen molar-refractivity contribution in [2.75, 3.05) is 6.54 Å². The molecule has 0 heterocycles. The van der Waals surface area contributed by atoms with E-state index in [-0.39, 0.29) is 34.4 Å². The van der Waals surface area contributed by atoms with Gasteiger partial charge in [0.1, 0.15) is 6.07 Å². The van der Waals surface area contributed by atoms with Crippen LogP contribution in [0.5, 0.6) is 0 Å². The van der Waals surface area contributed by atoms with E-state index in [2.05, 4.69) is 4.72 Å². The molecule has 1 rings (SSSR count). The average Bonchev–Trinajstić information content (AvgIpc) is 2.27. The van der Waals surface area contributed by atoms with E-state index in [4.69, 9.17) is 22.6 Å². The normalized spacial score (nSPS) is 11.5. The van der Waals surface area contributed by atoms with Crippen LogP contribution in [0.4, 0.5) is 0 Å². The molecule has 0 saturated carbocycles. The van der Waals surface area contributed by atoms with Gasteiger partial charge in [-0.25, -0.2) is 13.1 Å². The maximum atomic E-state index is 12.1. The third-order valence-corrected chi connectivity index (χ3v) is 4.30. The first kappa shape index (κ1) is 18.2. The molecular formula is C11H15Cl2N3O2S. The van der Waals surface area contributed by atoms with Gasteiger partial charge in [-0.15, -0.1) is 12.4 Å². The molecular weight excluding hydrogens is 309 g/mol.